The molecule has 9 nitrogen and oxygen atoms in total. The van der Waals surface area contributed by atoms with Gasteiger partial charge in [0.1, 0.15) is 11.9 Å². The van der Waals surface area contributed by atoms with Gasteiger partial charge in [0, 0.05) is 19.4 Å². The van der Waals surface area contributed by atoms with Crippen LogP contribution < -0.4 is 10.2 Å². The van der Waals surface area contributed by atoms with Crippen LogP contribution in [0.2, 0.25) is 0 Å². The summed E-state index contributed by atoms with van der Waals surface area (Å²) in [5.74, 6) is -1.37. The highest BCUT2D eigenvalue weighted by molar-refractivity contribution is 5.90. The normalized spacial score (nSPS) is 14.9. The van der Waals surface area contributed by atoms with Crippen molar-refractivity contribution >= 4 is 29.3 Å². The van der Waals surface area contributed by atoms with Crippen molar-refractivity contribution in [2.45, 2.75) is 97.0 Å². The summed E-state index contributed by atoms with van der Waals surface area (Å²) < 4.78 is 19.9. The summed E-state index contributed by atoms with van der Waals surface area (Å²) in [5.41, 5.74) is 0.520. The van der Waals surface area contributed by atoms with Gasteiger partial charge in [-0.1, -0.05) is 65.2 Å². The van der Waals surface area contributed by atoms with Crippen molar-refractivity contribution < 1.29 is 33.5 Å². The molecule has 0 bridgehead atoms. The zero-order valence-corrected chi connectivity index (χ0v) is 22.9. The lowest BCUT2D eigenvalue weighted by Crippen LogP contribution is -2.40. The lowest BCUT2D eigenvalue weighted by molar-refractivity contribution is -0.202. The number of carbonyl (C=O) groups excluding carboxylic acids is 3. The Labute approximate surface area is 225 Å². The van der Waals surface area contributed by atoms with Crippen LogP contribution in [0, 0.1) is 5.82 Å². The second-order valence-corrected chi connectivity index (χ2v) is 9.68. The number of ether oxygens (including phenoxy) is 1. The standard InChI is InChI=1S/C28H44FN3O6/c1-3-5-7-9-11-13-26(34)32(38-27(35)14-12-10-8-6-4-2)21-23-20-31(28(36)37-23)22-15-16-25(24(29)19-22)30-17-18-33/h15-16,19,23,30,33H,3-14,17-18,20-21H2,1-2H3/t23-/m1/s1. The van der Waals surface area contributed by atoms with Crippen molar-refractivity contribution in [3.05, 3.63) is 24.0 Å². The number of benzene rings is 1. The number of amides is 2. The lowest BCUT2D eigenvalue weighted by atomic mass is 10.1. The van der Waals surface area contributed by atoms with E-state index in [0.29, 0.717) is 18.5 Å². The first kappa shape index (κ1) is 31.3. The fourth-order valence-electron chi connectivity index (χ4n) is 4.25. The van der Waals surface area contributed by atoms with Gasteiger partial charge in [0.15, 0.2) is 0 Å². The van der Waals surface area contributed by atoms with E-state index in [4.69, 9.17) is 14.7 Å². The van der Waals surface area contributed by atoms with E-state index in [2.05, 4.69) is 19.2 Å². The zero-order chi connectivity index (χ0) is 27.8. The lowest BCUT2D eigenvalue weighted by Gasteiger charge is -2.23. The highest BCUT2D eigenvalue weighted by Gasteiger charge is 2.36. The van der Waals surface area contributed by atoms with E-state index in [1.165, 1.54) is 17.0 Å². The predicted octanol–water partition coefficient (Wildman–Crippen LogP) is 5.56. The van der Waals surface area contributed by atoms with Crippen LogP contribution in [0.5, 0.6) is 0 Å². The van der Waals surface area contributed by atoms with Crippen molar-refractivity contribution in [2.24, 2.45) is 0 Å². The maximum Gasteiger partial charge on any atom is 0.414 e. The molecule has 38 heavy (non-hydrogen) atoms. The smallest absolute Gasteiger partial charge is 0.414 e. The maximum atomic E-state index is 14.4. The van der Waals surface area contributed by atoms with Gasteiger partial charge in [-0.3, -0.25) is 9.69 Å². The number of aliphatic hydroxyl groups excluding tert-OH is 1. The first-order valence-corrected chi connectivity index (χ1v) is 14.0. The Morgan fingerprint density at radius 1 is 1.08 bits per heavy atom. The largest absolute Gasteiger partial charge is 0.442 e. The van der Waals surface area contributed by atoms with Crippen LogP contribution in [0.15, 0.2) is 18.2 Å². The predicted molar refractivity (Wildman–Crippen MR) is 144 cm³/mol. The highest BCUT2D eigenvalue weighted by atomic mass is 19.1. The molecule has 0 aromatic heterocycles. The number of halogens is 1. The third-order valence-corrected chi connectivity index (χ3v) is 6.40. The first-order valence-electron chi connectivity index (χ1n) is 14.0. The van der Waals surface area contributed by atoms with Crippen molar-refractivity contribution in [3.63, 3.8) is 0 Å². The molecule has 1 fully saturated rings. The van der Waals surface area contributed by atoms with Gasteiger partial charge < -0.3 is 20.0 Å². The molecule has 2 N–H and O–H groups in total. The molecule has 0 aliphatic carbocycles. The van der Waals surface area contributed by atoms with Gasteiger partial charge in [-0.25, -0.2) is 14.0 Å². The van der Waals surface area contributed by atoms with Gasteiger partial charge in [0.05, 0.1) is 31.1 Å². The van der Waals surface area contributed by atoms with Crippen LogP contribution >= 0.6 is 0 Å². The molecule has 1 atom stereocenters. The SMILES string of the molecule is CCCCCCCC(=O)ON(C[C@H]1CN(c2ccc(NCCO)c(F)c2)C(=O)O1)C(=O)CCCCCCC. The maximum absolute atomic E-state index is 14.4. The quantitative estimate of drug-likeness (QED) is 0.186. The number of anilines is 2. The number of hydroxylamine groups is 2. The molecule has 0 saturated carbocycles. The van der Waals surface area contributed by atoms with E-state index in [0.717, 1.165) is 56.4 Å². The fourth-order valence-corrected chi connectivity index (χ4v) is 4.25. The zero-order valence-electron chi connectivity index (χ0n) is 22.9. The minimum Gasteiger partial charge on any atom is -0.442 e. The second-order valence-electron chi connectivity index (χ2n) is 9.68. The van der Waals surface area contributed by atoms with Crippen LogP contribution in [-0.4, -0.2) is 60.5 Å². The number of unbranched alkanes of at least 4 members (excludes halogenated alkanes) is 8. The van der Waals surface area contributed by atoms with Gasteiger partial charge in [-0.2, -0.15) is 5.06 Å². The molecule has 1 heterocycles. The average molecular weight is 538 g/mol. The molecule has 0 unspecified atom stereocenters. The summed E-state index contributed by atoms with van der Waals surface area (Å²) in [4.78, 5) is 44.7. The molecule has 1 aliphatic heterocycles. The number of nitrogens with zero attached hydrogens (tertiary/aromatic N) is 2. The van der Waals surface area contributed by atoms with Crippen LogP contribution in [0.3, 0.4) is 0 Å². The van der Waals surface area contributed by atoms with E-state index < -0.39 is 24.0 Å². The molecule has 2 amide bonds. The van der Waals surface area contributed by atoms with Crippen molar-refractivity contribution in [2.75, 3.05) is 36.5 Å². The fraction of sp³-hybridized carbons (Fsp3) is 0.679. The highest BCUT2D eigenvalue weighted by Crippen LogP contribution is 2.26. The van der Waals surface area contributed by atoms with E-state index in [1.54, 1.807) is 6.07 Å². The Balaban J connectivity index is 1.99. The minimum absolute atomic E-state index is 0.0799. The third-order valence-electron chi connectivity index (χ3n) is 6.40. The molecule has 214 valence electrons. The second kappa shape index (κ2) is 17.6. The molecule has 1 aromatic carbocycles. The molecule has 0 radical (unpaired) electrons. The Morgan fingerprint density at radius 3 is 2.37 bits per heavy atom. The van der Waals surface area contributed by atoms with Gasteiger partial charge >= 0.3 is 12.1 Å². The third kappa shape index (κ3) is 10.8. The minimum atomic E-state index is -0.737. The van der Waals surface area contributed by atoms with Crippen molar-refractivity contribution in [1.29, 1.82) is 0 Å². The Morgan fingerprint density at radius 2 is 1.74 bits per heavy atom. The van der Waals surface area contributed by atoms with Gasteiger partial charge in [0.25, 0.3) is 5.91 Å². The van der Waals surface area contributed by atoms with E-state index in [-0.39, 0.29) is 50.7 Å². The first-order chi connectivity index (χ1) is 18.4. The van der Waals surface area contributed by atoms with E-state index >= 15 is 0 Å². The number of rotatable bonds is 18. The van der Waals surface area contributed by atoms with E-state index in [1.807, 2.05) is 0 Å². The monoisotopic (exact) mass is 537 g/mol. The Hall–Kier alpha value is -2.88. The molecule has 2 rings (SSSR count). The van der Waals surface area contributed by atoms with Crippen molar-refractivity contribution in [1.82, 2.24) is 5.06 Å². The van der Waals surface area contributed by atoms with Gasteiger partial charge in [-0.05, 0) is 31.0 Å². The van der Waals surface area contributed by atoms with Crippen molar-refractivity contribution in [3.8, 4) is 0 Å². The van der Waals surface area contributed by atoms with Gasteiger partial charge in [0.2, 0.25) is 0 Å². The Bertz CT molecular complexity index is 884. The summed E-state index contributed by atoms with van der Waals surface area (Å²) in [6, 6.07) is 4.27. The van der Waals surface area contributed by atoms with E-state index in [9.17, 15) is 18.8 Å². The molecule has 1 aromatic rings. The molecule has 1 aliphatic rings. The summed E-state index contributed by atoms with van der Waals surface area (Å²) in [7, 11) is 0. The number of aliphatic hydroxyl groups is 1. The number of nitrogens with one attached hydrogen (secondary N) is 1. The topological polar surface area (TPSA) is 108 Å². The van der Waals surface area contributed by atoms with Gasteiger partial charge in [-0.15, -0.1) is 0 Å². The van der Waals surface area contributed by atoms with Crippen LogP contribution in [0.25, 0.3) is 0 Å². The molecule has 1 saturated heterocycles. The summed E-state index contributed by atoms with van der Waals surface area (Å²) in [5, 5.41) is 12.7. The van der Waals surface area contributed by atoms with Crippen LogP contribution in [-0.2, 0) is 19.2 Å². The number of carbonyl (C=O) groups is 3. The number of hydrogen-bond donors (Lipinski definition) is 2. The molecular weight excluding hydrogens is 493 g/mol. The molecule has 10 heteroatoms. The molecule has 0 spiro atoms. The number of hydrogen-bond acceptors (Lipinski definition) is 7. The average Bonchev–Trinajstić information content (AvgIpc) is 3.27. The summed E-state index contributed by atoms with van der Waals surface area (Å²) >= 11 is 0. The van der Waals surface area contributed by atoms with Crippen LogP contribution in [0.4, 0.5) is 20.6 Å². The Kier molecular flexibility index (Phi) is 14.5. The molecular formula is C28H44FN3O6. The summed E-state index contributed by atoms with van der Waals surface area (Å²) in [6.45, 7) is 4.30. The number of cyclic esters (lactones) is 1. The van der Waals surface area contributed by atoms with Crippen LogP contribution in [0.1, 0.15) is 90.9 Å². The summed E-state index contributed by atoms with van der Waals surface area (Å²) in [6.07, 6.45) is 8.82.